The van der Waals surface area contributed by atoms with E-state index in [1.54, 1.807) is 12.1 Å². The highest BCUT2D eigenvalue weighted by Crippen LogP contribution is 2.31. The van der Waals surface area contributed by atoms with Gasteiger partial charge in [-0.05, 0) is 36.6 Å². The highest BCUT2D eigenvalue weighted by atomic mass is 19.4. The lowest BCUT2D eigenvalue weighted by Crippen LogP contribution is -2.23. The van der Waals surface area contributed by atoms with Crippen molar-refractivity contribution >= 4 is 0 Å². The molecule has 0 aliphatic rings. The molecule has 0 amide bonds. The van der Waals surface area contributed by atoms with Gasteiger partial charge in [-0.15, -0.1) is 0 Å². The number of hydrogen-bond acceptors (Lipinski definition) is 1. The van der Waals surface area contributed by atoms with E-state index >= 15 is 0 Å². The summed E-state index contributed by atoms with van der Waals surface area (Å²) in [7, 11) is 0. The second-order valence-electron chi connectivity index (χ2n) is 5.36. The first-order chi connectivity index (χ1) is 9.38. The molecule has 0 aliphatic heterocycles. The third-order valence-corrected chi connectivity index (χ3v) is 3.51. The second kappa shape index (κ2) is 7.67. The van der Waals surface area contributed by atoms with Crippen LogP contribution >= 0.6 is 0 Å². The molecule has 0 saturated heterocycles. The molecule has 0 aliphatic carbocycles. The lowest BCUT2D eigenvalue weighted by atomic mass is 9.92. The van der Waals surface area contributed by atoms with E-state index in [4.69, 9.17) is 0 Å². The van der Waals surface area contributed by atoms with Crippen LogP contribution in [0.4, 0.5) is 13.2 Å². The average molecular weight is 287 g/mol. The highest BCUT2D eigenvalue weighted by molar-refractivity contribution is 5.26. The average Bonchev–Trinajstić information content (AvgIpc) is 2.38. The van der Waals surface area contributed by atoms with Crippen molar-refractivity contribution in [1.82, 2.24) is 5.32 Å². The summed E-state index contributed by atoms with van der Waals surface area (Å²) in [5, 5.41) is 3.37. The van der Waals surface area contributed by atoms with Gasteiger partial charge in [0.2, 0.25) is 0 Å². The standard InChI is InChI=1S/C16H24F3N/c1-4-6-12(3)11-15(20-5-2)13-7-9-14(10-8-13)16(17,18)19/h7-10,12,15,20H,4-6,11H2,1-3H3. The van der Waals surface area contributed by atoms with Crippen LogP contribution in [0.15, 0.2) is 24.3 Å². The predicted octanol–water partition coefficient (Wildman–Crippen LogP) is 5.18. The van der Waals surface area contributed by atoms with Crippen LogP contribution in [0.2, 0.25) is 0 Å². The van der Waals surface area contributed by atoms with Crippen LogP contribution in [0.25, 0.3) is 0 Å². The van der Waals surface area contributed by atoms with Gasteiger partial charge in [0.15, 0.2) is 0 Å². The van der Waals surface area contributed by atoms with Crippen molar-refractivity contribution in [2.24, 2.45) is 5.92 Å². The maximum atomic E-state index is 12.6. The Morgan fingerprint density at radius 2 is 1.70 bits per heavy atom. The third kappa shape index (κ3) is 5.16. The summed E-state index contributed by atoms with van der Waals surface area (Å²) < 4.78 is 37.7. The van der Waals surface area contributed by atoms with Crippen molar-refractivity contribution in [3.05, 3.63) is 35.4 Å². The summed E-state index contributed by atoms with van der Waals surface area (Å²) in [5.41, 5.74) is 0.348. The fourth-order valence-corrected chi connectivity index (χ4v) is 2.50. The molecule has 1 N–H and O–H groups in total. The first-order valence-electron chi connectivity index (χ1n) is 7.29. The van der Waals surface area contributed by atoms with Gasteiger partial charge in [-0.1, -0.05) is 45.7 Å². The molecule has 0 saturated carbocycles. The Hall–Kier alpha value is -1.03. The Labute approximate surface area is 119 Å². The quantitative estimate of drug-likeness (QED) is 0.728. The topological polar surface area (TPSA) is 12.0 Å². The largest absolute Gasteiger partial charge is 0.416 e. The number of rotatable bonds is 7. The molecule has 1 aromatic carbocycles. The van der Waals surface area contributed by atoms with Crippen LogP contribution in [-0.2, 0) is 6.18 Å². The lowest BCUT2D eigenvalue weighted by molar-refractivity contribution is -0.137. The molecule has 114 valence electrons. The van der Waals surface area contributed by atoms with E-state index in [0.29, 0.717) is 5.92 Å². The SMILES string of the molecule is CCCC(C)CC(NCC)c1ccc(C(F)(F)F)cc1. The summed E-state index contributed by atoms with van der Waals surface area (Å²) in [6, 6.07) is 5.65. The molecule has 1 rings (SSSR count). The smallest absolute Gasteiger partial charge is 0.310 e. The van der Waals surface area contributed by atoms with Crippen LogP contribution in [0, 0.1) is 5.92 Å². The maximum Gasteiger partial charge on any atom is 0.416 e. The van der Waals surface area contributed by atoms with Crippen LogP contribution < -0.4 is 5.32 Å². The molecular weight excluding hydrogens is 263 g/mol. The Balaban J connectivity index is 2.81. The van der Waals surface area contributed by atoms with Crippen molar-refractivity contribution in [3.8, 4) is 0 Å². The van der Waals surface area contributed by atoms with E-state index in [9.17, 15) is 13.2 Å². The summed E-state index contributed by atoms with van der Waals surface area (Å²) in [5.74, 6) is 0.561. The van der Waals surface area contributed by atoms with Gasteiger partial charge in [-0.3, -0.25) is 0 Å². The summed E-state index contributed by atoms with van der Waals surface area (Å²) in [6.45, 7) is 7.17. The molecule has 4 heteroatoms. The molecular formula is C16H24F3N. The van der Waals surface area contributed by atoms with Crippen molar-refractivity contribution in [2.45, 2.75) is 52.3 Å². The molecule has 2 atom stereocenters. The molecule has 0 heterocycles. The number of nitrogens with one attached hydrogen (secondary N) is 1. The van der Waals surface area contributed by atoms with Crippen molar-refractivity contribution in [3.63, 3.8) is 0 Å². The second-order valence-corrected chi connectivity index (χ2v) is 5.36. The van der Waals surface area contributed by atoms with E-state index in [1.165, 1.54) is 12.1 Å². The summed E-state index contributed by atoms with van der Waals surface area (Å²) in [4.78, 5) is 0. The Morgan fingerprint density at radius 1 is 1.10 bits per heavy atom. The molecule has 0 radical (unpaired) electrons. The van der Waals surface area contributed by atoms with Crippen molar-refractivity contribution in [2.75, 3.05) is 6.54 Å². The van der Waals surface area contributed by atoms with Gasteiger partial charge in [0, 0.05) is 6.04 Å². The minimum Gasteiger partial charge on any atom is -0.310 e. The molecule has 0 spiro atoms. The van der Waals surface area contributed by atoms with Crippen LogP contribution in [-0.4, -0.2) is 6.54 Å². The fraction of sp³-hybridized carbons (Fsp3) is 0.625. The predicted molar refractivity (Wildman–Crippen MR) is 76.6 cm³/mol. The molecule has 0 aromatic heterocycles. The zero-order valence-corrected chi connectivity index (χ0v) is 12.4. The normalized spacial score (nSPS) is 15.1. The molecule has 1 aromatic rings. The Bertz CT molecular complexity index is 384. The fourth-order valence-electron chi connectivity index (χ4n) is 2.50. The number of benzene rings is 1. The highest BCUT2D eigenvalue weighted by Gasteiger charge is 2.30. The Morgan fingerprint density at radius 3 is 2.15 bits per heavy atom. The molecule has 0 bridgehead atoms. The van der Waals surface area contributed by atoms with Crippen molar-refractivity contribution in [1.29, 1.82) is 0 Å². The molecule has 1 nitrogen and oxygen atoms in total. The third-order valence-electron chi connectivity index (χ3n) is 3.51. The van der Waals surface area contributed by atoms with Crippen LogP contribution in [0.5, 0.6) is 0 Å². The molecule has 20 heavy (non-hydrogen) atoms. The van der Waals surface area contributed by atoms with Gasteiger partial charge in [0.1, 0.15) is 0 Å². The summed E-state index contributed by atoms with van der Waals surface area (Å²) >= 11 is 0. The van der Waals surface area contributed by atoms with E-state index in [0.717, 1.165) is 31.4 Å². The van der Waals surface area contributed by atoms with E-state index in [-0.39, 0.29) is 6.04 Å². The number of alkyl halides is 3. The van der Waals surface area contributed by atoms with E-state index in [1.807, 2.05) is 6.92 Å². The minimum atomic E-state index is -4.26. The van der Waals surface area contributed by atoms with Gasteiger partial charge in [-0.2, -0.15) is 13.2 Å². The monoisotopic (exact) mass is 287 g/mol. The zero-order chi connectivity index (χ0) is 15.2. The van der Waals surface area contributed by atoms with Crippen molar-refractivity contribution < 1.29 is 13.2 Å². The zero-order valence-electron chi connectivity index (χ0n) is 12.4. The van der Waals surface area contributed by atoms with E-state index < -0.39 is 11.7 Å². The van der Waals surface area contributed by atoms with Gasteiger partial charge < -0.3 is 5.32 Å². The van der Waals surface area contributed by atoms with Gasteiger partial charge in [0.25, 0.3) is 0 Å². The maximum absolute atomic E-state index is 12.6. The number of halogens is 3. The minimum absolute atomic E-state index is 0.129. The van der Waals surface area contributed by atoms with Gasteiger partial charge >= 0.3 is 6.18 Å². The summed E-state index contributed by atoms with van der Waals surface area (Å²) in [6.07, 6.45) is -1.04. The van der Waals surface area contributed by atoms with Crippen LogP contribution in [0.3, 0.4) is 0 Å². The van der Waals surface area contributed by atoms with Gasteiger partial charge in [-0.25, -0.2) is 0 Å². The molecule has 0 fully saturated rings. The van der Waals surface area contributed by atoms with E-state index in [2.05, 4.69) is 19.2 Å². The van der Waals surface area contributed by atoms with Gasteiger partial charge in [0.05, 0.1) is 5.56 Å². The van der Waals surface area contributed by atoms with Crippen LogP contribution in [0.1, 0.15) is 57.2 Å². The first kappa shape index (κ1) is 17.0. The lowest BCUT2D eigenvalue weighted by Gasteiger charge is -2.22. The Kier molecular flexibility index (Phi) is 6.53. The molecule has 2 unspecified atom stereocenters. The first-order valence-corrected chi connectivity index (χ1v) is 7.29. The number of hydrogen-bond donors (Lipinski definition) is 1.